The molecule has 1 amide bonds. The van der Waals surface area contributed by atoms with E-state index in [4.69, 9.17) is 16.7 Å². The lowest BCUT2D eigenvalue weighted by molar-refractivity contribution is -0.137. The molecule has 0 radical (unpaired) electrons. The summed E-state index contributed by atoms with van der Waals surface area (Å²) >= 11 is 5.55. The molecule has 0 fully saturated rings. The molecule has 0 saturated heterocycles. The second-order valence-electron chi connectivity index (χ2n) is 3.50. The molecule has 0 aliphatic rings. The summed E-state index contributed by atoms with van der Waals surface area (Å²) in [7, 11) is 0. The molecule has 9 heteroatoms. The van der Waals surface area contributed by atoms with E-state index in [0.29, 0.717) is 5.69 Å². The number of nitrogens with zero attached hydrogens (tertiary/aromatic N) is 4. The fraction of sp³-hybridized carbons (Fsp3) is 0.100. The number of rotatable bonds is 4. The van der Waals surface area contributed by atoms with Crippen LogP contribution in [0.2, 0.25) is 5.15 Å². The molecule has 2 heterocycles. The number of hydrogen-bond acceptors (Lipinski definition) is 5. The Bertz CT molecular complexity index is 610. The Labute approximate surface area is 112 Å². The largest absolute Gasteiger partial charge is 0.480 e. The zero-order valence-corrected chi connectivity index (χ0v) is 10.2. The summed E-state index contributed by atoms with van der Waals surface area (Å²) in [6, 6.07) is 0. The number of carbonyl (C=O) groups excluding carboxylic acids is 1. The van der Waals surface area contributed by atoms with Crippen molar-refractivity contribution in [2.45, 2.75) is 6.54 Å². The van der Waals surface area contributed by atoms with Crippen LogP contribution >= 0.6 is 11.6 Å². The topological polar surface area (TPSA) is 110 Å². The number of carboxylic acid groups (broad SMARTS) is 1. The fourth-order valence-electron chi connectivity index (χ4n) is 1.28. The number of halogens is 1. The van der Waals surface area contributed by atoms with Gasteiger partial charge in [-0.05, 0) is 0 Å². The van der Waals surface area contributed by atoms with Crippen molar-refractivity contribution in [1.82, 2.24) is 19.7 Å². The van der Waals surface area contributed by atoms with Crippen LogP contribution in [0.15, 0.2) is 24.8 Å². The number of nitrogens with one attached hydrogen (secondary N) is 1. The van der Waals surface area contributed by atoms with Gasteiger partial charge in [0.2, 0.25) is 0 Å². The molecular formula is C10H8ClN5O3. The normalized spacial score (nSPS) is 10.2. The maximum absolute atomic E-state index is 11.7. The van der Waals surface area contributed by atoms with E-state index in [0.717, 1.165) is 0 Å². The molecule has 0 aromatic carbocycles. The lowest BCUT2D eigenvalue weighted by atomic mass is 10.4. The van der Waals surface area contributed by atoms with Crippen molar-refractivity contribution in [2.75, 3.05) is 5.32 Å². The predicted molar refractivity (Wildman–Crippen MR) is 64.9 cm³/mol. The van der Waals surface area contributed by atoms with Gasteiger partial charge in [-0.2, -0.15) is 5.10 Å². The monoisotopic (exact) mass is 281 g/mol. The average Bonchev–Trinajstić information content (AvgIpc) is 2.76. The summed E-state index contributed by atoms with van der Waals surface area (Å²) in [6.07, 6.45) is 5.23. The van der Waals surface area contributed by atoms with E-state index in [1.54, 1.807) is 0 Å². The number of anilines is 1. The Morgan fingerprint density at radius 3 is 2.74 bits per heavy atom. The molecule has 0 spiro atoms. The molecule has 2 aromatic rings. The number of hydrogen-bond donors (Lipinski definition) is 2. The van der Waals surface area contributed by atoms with Gasteiger partial charge in [-0.25, -0.2) is 9.97 Å². The van der Waals surface area contributed by atoms with Crippen LogP contribution in [0.3, 0.4) is 0 Å². The minimum atomic E-state index is -1.02. The maximum Gasteiger partial charge on any atom is 0.325 e. The van der Waals surface area contributed by atoms with Crippen molar-refractivity contribution in [1.29, 1.82) is 0 Å². The van der Waals surface area contributed by atoms with Crippen LogP contribution in [0.5, 0.6) is 0 Å². The second kappa shape index (κ2) is 5.44. The van der Waals surface area contributed by atoms with Crippen molar-refractivity contribution in [3.63, 3.8) is 0 Å². The second-order valence-corrected chi connectivity index (χ2v) is 3.89. The van der Waals surface area contributed by atoms with Gasteiger partial charge < -0.3 is 10.4 Å². The first kappa shape index (κ1) is 13.0. The number of amides is 1. The van der Waals surface area contributed by atoms with Gasteiger partial charge in [0.15, 0.2) is 0 Å². The first-order valence-corrected chi connectivity index (χ1v) is 5.45. The Hall–Kier alpha value is -2.48. The third-order valence-corrected chi connectivity index (χ3v) is 2.24. The molecule has 2 rings (SSSR count). The average molecular weight is 282 g/mol. The van der Waals surface area contributed by atoms with Crippen molar-refractivity contribution < 1.29 is 14.7 Å². The van der Waals surface area contributed by atoms with Crippen LogP contribution in [0.4, 0.5) is 5.69 Å². The highest BCUT2D eigenvalue weighted by molar-refractivity contribution is 6.29. The Morgan fingerprint density at radius 1 is 1.32 bits per heavy atom. The Morgan fingerprint density at radius 2 is 2.11 bits per heavy atom. The van der Waals surface area contributed by atoms with E-state index in [1.807, 2.05) is 0 Å². The minimum absolute atomic E-state index is 0.0929. The van der Waals surface area contributed by atoms with Crippen LogP contribution in [-0.2, 0) is 11.3 Å². The van der Waals surface area contributed by atoms with Crippen molar-refractivity contribution in [3.05, 3.63) is 35.6 Å². The van der Waals surface area contributed by atoms with Crippen LogP contribution in [0, 0.1) is 0 Å². The zero-order valence-electron chi connectivity index (χ0n) is 9.45. The smallest absolute Gasteiger partial charge is 0.325 e. The molecule has 0 aliphatic carbocycles. The summed E-state index contributed by atoms with van der Waals surface area (Å²) in [5.74, 6) is -1.51. The third kappa shape index (κ3) is 3.49. The van der Waals surface area contributed by atoms with E-state index < -0.39 is 11.9 Å². The van der Waals surface area contributed by atoms with Gasteiger partial charge in [0.05, 0.1) is 24.3 Å². The van der Waals surface area contributed by atoms with Crippen LogP contribution < -0.4 is 5.32 Å². The van der Waals surface area contributed by atoms with E-state index in [9.17, 15) is 9.59 Å². The number of carboxylic acids is 1. The molecular weight excluding hydrogens is 274 g/mol. The lowest BCUT2D eigenvalue weighted by Crippen LogP contribution is -2.13. The molecule has 0 aliphatic heterocycles. The lowest BCUT2D eigenvalue weighted by Gasteiger charge is -2.00. The Kier molecular flexibility index (Phi) is 3.71. The summed E-state index contributed by atoms with van der Waals surface area (Å²) in [6.45, 7) is -0.281. The summed E-state index contributed by atoms with van der Waals surface area (Å²) < 4.78 is 1.19. The molecule has 8 nitrogen and oxygen atoms in total. The van der Waals surface area contributed by atoms with Gasteiger partial charge in [0.1, 0.15) is 17.4 Å². The van der Waals surface area contributed by atoms with E-state index >= 15 is 0 Å². The summed E-state index contributed by atoms with van der Waals surface area (Å²) in [5.41, 5.74) is 0.457. The number of carbonyl (C=O) groups is 2. The highest BCUT2D eigenvalue weighted by atomic mass is 35.5. The van der Waals surface area contributed by atoms with E-state index in [2.05, 4.69) is 20.4 Å². The maximum atomic E-state index is 11.7. The van der Waals surface area contributed by atoms with Gasteiger partial charge >= 0.3 is 5.97 Å². The molecule has 0 saturated carbocycles. The predicted octanol–water partition coefficient (Wildman–Crippen LogP) is 0.663. The summed E-state index contributed by atoms with van der Waals surface area (Å²) in [5, 5.41) is 15.1. The minimum Gasteiger partial charge on any atom is -0.480 e. The molecule has 2 N–H and O–H groups in total. The van der Waals surface area contributed by atoms with Gasteiger partial charge in [-0.1, -0.05) is 11.6 Å². The van der Waals surface area contributed by atoms with Gasteiger partial charge in [-0.3, -0.25) is 14.3 Å². The first-order valence-electron chi connectivity index (χ1n) is 5.08. The number of aliphatic carboxylic acids is 1. The molecule has 2 aromatic heterocycles. The van der Waals surface area contributed by atoms with Crippen molar-refractivity contribution in [2.24, 2.45) is 0 Å². The molecule has 19 heavy (non-hydrogen) atoms. The fourth-order valence-corrected chi connectivity index (χ4v) is 1.38. The SMILES string of the molecule is O=C(O)Cn1cc(NC(=O)c2cnc(Cl)cn2)cn1. The van der Waals surface area contributed by atoms with E-state index in [-0.39, 0.29) is 17.4 Å². The van der Waals surface area contributed by atoms with Crippen LogP contribution in [0.1, 0.15) is 10.5 Å². The highest BCUT2D eigenvalue weighted by Gasteiger charge is 2.10. The molecule has 0 unspecified atom stereocenters. The van der Waals surface area contributed by atoms with Gasteiger partial charge in [0.25, 0.3) is 5.91 Å². The van der Waals surface area contributed by atoms with Crippen LogP contribution in [-0.4, -0.2) is 36.7 Å². The quantitative estimate of drug-likeness (QED) is 0.852. The zero-order chi connectivity index (χ0) is 13.8. The third-order valence-electron chi connectivity index (χ3n) is 2.04. The van der Waals surface area contributed by atoms with Crippen molar-refractivity contribution >= 4 is 29.2 Å². The summed E-state index contributed by atoms with van der Waals surface area (Å²) in [4.78, 5) is 29.8. The van der Waals surface area contributed by atoms with Gasteiger partial charge in [0, 0.05) is 6.20 Å². The van der Waals surface area contributed by atoms with Crippen molar-refractivity contribution in [3.8, 4) is 0 Å². The standard InChI is InChI=1S/C10H8ClN5O3/c11-8-3-12-7(2-13-8)10(19)15-6-1-14-16(4-6)5-9(17)18/h1-4H,5H2,(H,15,19)(H,17,18). The van der Waals surface area contributed by atoms with Crippen LogP contribution in [0.25, 0.3) is 0 Å². The highest BCUT2D eigenvalue weighted by Crippen LogP contribution is 2.07. The Balaban J connectivity index is 2.04. The first-order chi connectivity index (χ1) is 9.04. The molecule has 98 valence electrons. The number of aromatic nitrogens is 4. The molecule has 0 atom stereocenters. The molecule has 0 bridgehead atoms. The van der Waals surface area contributed by atoms with Gasteiger partial charge in [-0.15, -0.1) is 0 Å². The van der Waals surface area contributed by atoms with E-state index in [1.165, 1.54) is 29.5 Å².